The van der Waals surface area contributed by atoms with Gasteiger partial charge in [-0.05, 0) is 78.9 Å². The number of allylic oxidation sites excluding steroid dienone is 8. The van der Waals surface area contributed by atoms with Crippen LogP contribution in [0, 0.1) is 23.7 Å². The molecule has 4 aliphatic carbocycles. The molecule has 0 bridgehead atoms. The fourth-order valence-corrected chi connectivity index (χ4v) is 5.19. The number of carbonyl (C=O) groups is 1. The van der Waals surface area contributed by atoms with Gasteiger partial charge in [0, 0.05) is 6.42 Å². The van der Waals surface area contributed by atoms with Crippen molar-refractivity contribution in [1.82, 2.24) is 0 Å². The van der Waals surface area contributed by atoms with Crippen LogP contribution in [0.3, 0.4) is 0 Å². The van der Waals surface area contributed by atoms with Gasteiger partial charge in [-0.3, -0.25) is 4.79 Å². The lowest BCUT2D eigenvalue weighted by Gasteiger charge is -2.50. The summed E-state index contributed by atoms with van der Waals surface area (Å²) in [6.07, 6.45) is 19.0. The monoisotopic (exact) mass is 296 g/mol. The van der Waals surface area contributed by atoms with E-state index >= 15 is 0 Å². The molecule has 0 radical (unpaired) electrons. The van der Waals surface area contributed by atoms with Gasteiger partial charge >= 0.3 is 5.97 Å². The molecule has 0 aromatic rings. The summed E-state index contributed by atoms with van der Waals surface area (Å²) in [5, 5.41) is 8.86. The van der Waals surface area contributed by atoms with Crippen LogP contribution >= 0.6 is 0 Å². The van der Waals surface area contributed by atoms with E-state index in [0.717, 1.165) is 30.6 Å². The largest absolute Gasteiger partial charge is 0.481 e. The first-order chi connectivity index (χ1) is 10.7. The van der Waals surface area contributed by atoms with E-state index in [1.54, 1.807) is 5.57 Å². The Morgan fingerprint density at radius 3 is 2.77 bits per heavy atom. The number of hydrogen-bond acceptors (Lipinski definition) is 1. The van der Waals surface area contributed by atoms with Crippen molar-refractivity contribution in [3.05, 3.63) is 47.1 Å². The number of carboxylic acid groups (broad SMARTS) is 1. The fraction of sp³-hybridized carbons (Fsp3) is 0.550. The van der Waals surface area contributed by atoms with E-state index in [1.165, 1.54) is 36.8 Å². The first-order valence-electron chi connectivity index (χ1n) is 8.73. The van der Waals surface area contributed by atoms with Crippen molar-refractivity contribution in [3.63, 3.8) is 0 Å². The summed E-state index contributed by atoms with van der Waals surface area (Å²) in [5.41, 5.74) is 4.52. The van der Waals surface area contributed by atoms with Gasteiger partial charge in [0.15, 0.2) is 0 Å². The third kappa shape index (κ3) is 2.29. The second-order valence-corrected chi connectivity index (χ2v) is 7.29. The first-order valence-corrected chi connectivity index (χ1v) is 8.73. The SMILES string of the molecule is O=C(O)CCCC1=CCC2CCC3CC=CC4=CC=C1C2C43. The minimum atomic E-state index is -0.677. The molecular weight excluding hydrogens is 272 g/mol. The molecule has 4 aliphatic rings. The summed E-state index contributed by atoms with van der Waals surface area (Å²) in [7, 11) is 0. The van der Waals surface area contributed by atoms with E-state index in [-0.39, 0.29) is 6.42 Å². The van der Waals surface area contributed by atoms with E-state index in [2.05, 4.69) is 30.4 Å². The second kappa shape index (κ2) is 5.57. The third-order valence-corrected chi connectivity index (χ3v) is 6.13. The average Bonchev–Trinajstić information content (AvgIpc) is 2.53. The van der Waals surface area contributed by atoms with Crippen molar-refractivity contribution in [1.29, 1.82) is 0 Å². The van der Waals surface area contributed by atoms with Crippen LogP contribution in [0.5, 0.6) is 0 Å². The Balaban J connectivity index is 1.62. The van der Waals surface area contributed by atoms with Gasteiger partial charge in [0.1, 0.15) is 0 Å². The Kier molecular flexibility index (Phi) is 3.56. The van der Waals surface area contributed by atoms with Crippen molar-refractivity contribution in [3.8, 4) is 0 Å². The standard InChI is InChI=1S/C20H24O2/c21-18(22)6-2-3-13-7-8-16-10-9-14-4-1-5-15-11-12-17(13)20(16)19(14)15/h1,5,7,11-12,14,16,19-20H,2-4,6,8-10H2,(H,21,22). The van der Waals surface area contributed by atoms with E-state index in [4.69, 9.17) is 5.11 Å². The van der Waals surface area contributed by atoms with Crippen LogP contribution in [0.25, 0.3) is 0 Å². The Bertz CT molecular complexity index is 605. The summed E-state index contributed by atoms with van der Waals surface area (Å²) < 4.78 is 0. The van der Waals surface area contributed by atoms with Gasteiger partial charge in [-0.25, -0.2) is 0 Å². The van der Waals surface area contributed by atoms with Gasteiger partial charge in [-0.2, -0.15) is 0 Å². The van der Waals surface area contributed by atoms with Crippen LogP contribution < -0.4 is 0 Å². The quantitative estimate of drug-likeness (QED) is 0.819. The number of aliphatic carboxylic acids is 1. The van der Waals surface area contributed by atoms with E-state index in [1.807, 2.05) is 0 Å². The Morgan fingerprint density at radius 1 is 1.14 bits per heavy atom. The highest BCUT2D eigenvalue weighted by Crippen LogP contribution is 2.55. The molecule has 0 aliphatic heterocycles. The molecule has 1 N–H and O–H groups in total. The van der Waals surface area contributed by atoms with E-state index in [0.29, 0.717) is 5.92 Å². The molecule has 22 heavy (non-hydrogen) atoms. The molecule has 116 valence electrons. The minimum absolute atomic E-state index is 0.286. The topological polar surface area (TPSA) is 37.3 Å². The van der Waals surface area contributed by atoms with Gasteiger partial charge in [-0.1, -0.05) is 30.4 Å². The summed E-state index contributed by atoms with van der Waals surface area (Å²) >= 11 is 0. The van der Waals surface area contributed by atoms with Crippen molar-refractivity contribution in [2.75, 3.05) is 0 Å². The molecule has 2 heteroatoms. The molecule has 0 saturated heterocycles. The summed E-state index contributed by atoms with van der Waals surface area (Å²) in [4.78, 5) is 10.8. The smallest absolute Gasteiger partial charge is 0.303 e. The first kappa shape index (κ1) is 14.0. The maximum absolute atomic E-state index is 10.8. The molecule has 4 rings (SSSR count). The predicted molar refractivity (Wildman–Crippen MR) is 87.3 cm³/mol. The maximum atomic E-state index is 10.8. The highest BCUT2D eigenvalue weighted by Gasteiger charge is 2.45. The Hall–Kier alpha value is -1.57. The molecule has 0 heterocycles. The lowest BCUT2D eigenvalue weighted by molar-refractivity contribution is -0.137. The zero-order valence-electron chi connectivity index (χ0n) is 13.0. The van der Waals surface area contributed by atoms with Crippen LogP contribution in [0.1, 0.15) is 44.9 Å². The number of rotatable bonds is 4. The van der Waals surface area contributed by atoms with Gasteiger partial charge in [0.05, 0.1) is 0 Å². The molecular formula is C20H24O2. The lowest BCUT2D eigenvalue weighted by Crippen LogP contribution is -2.40. The summed E-state index contributed by atoms with van der Waals surface area (Å²) in [5.74, 6) is 2.40. The lowest BCUT2D eigenvalue weighted by atomic mass is 9.54. The van der Waals surface area contributed by atoms with Crippen molar-refractivity contribution < 1.29 is 9.90 Å². The molecule has 0 amide bonds. The van der Waals surface area contributed by atoms with Crippen LogP contribution in [0.2, 0.25) is 0 Å². The molecule has 0 spiro atoms. The zero-order valence-corrected chi connectivity index (χ0v) is 13.0. The van der Waals surface area contributed by atoms with Gasteiger partial charge in [-0.15, -0.1) is 0 Å². The average molecular weight is 296 g/mol. The zero-order chi connectivity index (χ0) is 15.1. The number of hydrogen-bond donors (Lipinski definition) is 1. The number of carboxylic acids is 1. The Labute approximate surface area is 132 Å². The van der Waals surface area contributed by atoms with Crippen molar-refractivity contribution in [2.24, 2.45) is 23.7 Å². The molecule has 4 unspecified atom stereocenters. The van der Waals surface area contributed by atoms with Crippen molar-refractivity contribution >= 4 is 5.97 Å². The van der Waals surface area contributed by atoms with Crippen LogP contribution in [0.4, 0.5) is 0 Å². The van der Waals surface area contributed by atoms with E-state index in [9.17, 15) is 4.79 Å². The van der Waals surface area contributed by atoms with Crippen molar-refractivity contribution in [2.45, 2.75) is 44.9 Å². The van der Waals surface area contributed by atoms with Gasteiger partial charge in [0.2, 0.25) is 0 Å². The maximum Gasteiger partial charge on any atom is 0.303 e. The van der Waals surface area contributed by atoms with Crippen LogP contribution in [0.15, 0.2) is 47.1 Å². The molecule has 0 aromatic carbocycles. The highest BCUT2D eigenvalue weighted by molar-refractivity contribution is 5.66. The van der Waals surface area contributed by atoms with E-state index < -0.39 is 5.97 Å². The van der Waals surface area contributed by atoms with Crippen LogP contribution in [-0.4, -0.2) is 11.1 Å². The molecule has 1 saturated carbocycles. The third-order valence-electron chi connectivity index (χ3n) is 6.13. The normalized spacial score (nSPS) is 35.2. The highest BCUT2D eigenvalue weighted by atomic mass is 16.4. The summed E-state index contributed by atoms with van der Waals surface area (Å²) in [6, 6.07) is 0. The second-order valence-electron chi connectivity index (χ2n) is 7.29. The summed E-state index contributed by atoms with van der Waals surface area (Å²) in [6.45, 7) is 0. The molecule has 4 atom stereocenters. The molecule has 1 fully saturated rings. The van der Waals surface area contributed by atoms with Gasteiger partial charge in [0.25, 0.3) is 0 Å². The Morgan fingerprint density at radius 2 is 1.95 bits per heavy atom. The van der Waals surface area contributed by atoms with Crippen LogP contribution in [-0.2, 0) is 4.79 Å². The molecule has 0 aromatic heterocycles. The minimum Gasteiger partial charge on any atom is -0.481 e. The fourth-order valence-electron chi connectivity index (χ4n) is 5.19. The predicted octanol–water partition coefficient (Wildman–Crippen LogP) is 4.66. The van der Waals surface area contributed by atoms with Gasteiger partial charge < -0.3 is 5.11 Å². The molecule has 2 nitrogen and oxygen atoms in total.